The van der Waals surface area contributed by atoms with E-state index in [1.807, 2.05) is 43.5 Å². The van der Waals surface area contributed by atoms with Crippen LogP contribution in [0.4, 0.5) is 0 Å². The first-order valence-corrected chi connectivity index (χ1v) is 4.26. The number of nitrogens with one attached hydrogen (secondary N) is 1. The predicted octanol–water partition coefficient (Wildman–Crippen LogP) is 1.67. The zero-order valence-electron chi connectivity index (χ0n) is 7.45. The normalized spacial score (nSPS) is 24.7. The molecule has 1 aromatic carbocycles. The van der Waals surface area contributed by atoms with Crippen molar-refractivity contribution in [3.05, 3.63) is 41.6 Å². The Morgan fingerprint density at radius 3 is 2.92 bits per heavy atom. The molecule has 0 aliphatic carbocycles. The van der Waals surface area contributed by atoms with Gasteiger partial charge in [-0.05, 0) is 30.3 Å². The number of carbonyl (C=O) groups is 1. The molecule has 13 heavy (non-hydrogen) atoms. The zero-order chi connectivity index (χ0) is 9.31. The highest BCUT2D eigenvalue weighted by Crippen LogP contribution is 2.26. The fourth-order valence-corrected chi connectivity index (χ4v) is 1.60. The first-order valence-electron chi connectivity index (χ1n) is 4.26. The number of fused-ring (bicyclic) bond motifs is 1. The third-order valence-electron chi connectivity index (χ3n) is 2.40. The molecule has 1 aliphatic rings. The van der Waals surface area contributed by atoms with E-state index in [-0.39, 0.29) is 0 Å². The maximum Gasteiger partial charge on any atom is 0.149 e. The SMILES string of the molecule is CC1(C=O)NC=Cc2ccccc21. The van der Waals surface area contributed by atoms with Crippen LogP contribution in [0.5, 0.6) is 0 Å². The van der Waals surface area contributed by atoms with Crippen molar-refractivity contribution in [1.82, 2.24) is 5.32 Å². The highest BCUT2D eigenvalue weighted by atomic mass is 16.1. The number of hydrogen-bond acceptors (Lipinski definition) is 2. The van der Waals surface area contributed by atoms with Gasteiger partial charge >= 0.3 is 0 Å². The molecule has 0 aromatic heterocycles. The van der Waals surface area contributed by atoms with E-state index in [2.05, 4.69) is 5.32 Å². The Morgan fingerprint density at radius 2 is 2.15 bits per heavy atom. The molecule has 0 saturated carbocycles. The maximum atomic E-state index is 10.9. The van der Waals surface area contributed by atoms with Gasteiger partial charge in [-0.1, -0.05) is 24.3 Å². The molecule has 0 radical (unpaired) electrons. The van der Waals surface area contributed by atoms with E-state index in [1.165, 1.54) is 0 Å². The second-order valence-electron chi connectivity index (χ2n) is 3.39. The van der Waals surface area contributed by atoms with Crippen LogP contribution in [0.2, 0.25) is 0 Å². The van der Waals surface area contributed by atoms with Gasteiger partial charge in [-0.2, -0.15) is 0 Å². The summed E-state index contributed by atoms with van der Waals surface area (Å²) in [7, 11) is 0. The average Bonchev–Trinajstić information content (AvgIpc) is 2.19. The van der Waals surface area contributed by atoms with E-state index < -0.39 is 5.54 Å². The summed E-state index contributed by atoms with van der Waals surface area (Å²) in [5, 5.41) is 3.05. The van der Waals surface area contributed by atoms with Crippen LogP contribution in [0.3, 0.4) is 0 Å². The van der Waals surface area contributed by atoms with Gasteiger partial charge < -0.3 is 10.1 Å². The van der Waals surface area contributed by atoms with Gasteiger partial charge in [0.25, 0.3) is 0 Å². The highest BCUT2D eigenvalue weighted by Gasteiger charge is 2.28. The van der Waals surface area contributed by atoms with Gasteiger partial charge in [-0.25, -0.2) is 0 Å². The summed E-state index contributed by atoms with van der Waals surface area (Å²) in [5.74, 6) is 0. The summed E-state index contributed by atoms with van der Waals surface area (Å²) < 4.78 is 0. The van der Waals surface area contributed by atoms with E-state index >= 15 is 0 Å². The summed E-state index contributed by atoms with van der Waals surface area (Å²) in [4.78, 5) is 10.9. The summed E-state index contributed by atoms with van der Waals surface area (Å²) in [5.41, 5.74) is 1.58. The summed E-state index contributed by atoms with van der Waals surface area (Å²) in [6.45, 7) is 1.88. The highest BCUT2D eigenvalue weighted by molar-refractivity contribution is 5.74. The lowest BCUT2D eigenvalue weighted by Crippen LogP contribution is -2.39. The van der Waals surface area contributed by atoms with Gasteiger partial charge in [0.05, 0.1) is 0 Å². The first-order chi connectivity index (χ1) is 6.26. The number of rotatable bonds is 1. The lowest BCUT2D eigenvalue weighted by Gasteiger charge is -2.29. The van der Waals surface area contributed by atoms with Crippen molar-refractivity contribution in [2.24, 2.45) is 0 Å². The quantitative estimate of drug-likeness (QED) is 0.654. The monoisotopic (exact) mass is 173 g/mol. The molecule has 0 bridgehead atoms. The van der Waals surface area contributed by atoms with E-state index in [9.17, 15) is 4.79 Å². The van der Waals surface area contributed by atoms with Crippen LogP contribution >= 0.6 is 0 Å². The van der Waals surface area contributed by atoms with Crippen molar-refractivity contribution in [2.75, 3.05) is 0 Å². The van der Waals surface area contributed by atoms with Crippen molar-refractivity contribution < 1.29 is 4.79 Å². The molecule has 2 heteroatoms. The Bertz CT molecular complexity index is 370. The molecular formula is C11H11NO. The lowest BCUT2D eigenvalue weighted by molar-refractivity contribution is -0.112. The van der Waals surface area contributed by atoms with Crippen molar-refractivity contribution in [1.29, 1.82) is 0 Å². The third-order valence-corrected chi connectivity index (χ3v) is 2.40. The van der Waals surface area contributed by atoms with Crippen molar-refractivity contribution in [3.63, 3.8) is 0 Å². The van der Waals surface area contributed by atoms with Crippen LogP contribution in [0.1, 0.15) is 18.1 Å². The Balaban J connectivity index is 2.61. The van der Waals surface area contributed by atoms with Crippen LogP contribution in [0.25, 0.3) is 6.08 Å². The number of carbonyl (C=O) groups excluding carboxylic acids is 1. The maximum absolute atomic E-state index is 10.9. The van der Waals surface area contributed by atoms with Gasteiger partial charge in [0.1, 0.15) is 11.8 Å². The van der Waals surface area contributed by atoms with Crippen LogP contribution in [0, 0.1) is 0 Å². The van der Waals surface area contributed by atoms with Gasteiger partial charge in [0.15, 0.2) is 0 Å². The third kappa shape index (κ3) is 1.15. The number of benzene rings is 1. The molecule has 2 nitrogen and oxygen atoms in total. The molecule has 1 N–H and O–H groups in total. The molecule has 2 rings (SSSR count). The Labute approximate surface area is 77.3 Å². The van der Waals surface area contributed by atoms with Crippen molar-refractivity contribution >= 4 is 12.4 Å². The summed E-state index contributed by atoms with van der Waals surface area (Å²) >= 11 is 0. The fraction of sp³-hybridized carbons (Fsp3) is 0.182. The minimum atomic E-state index is -0.564. The van der Waals surface area contributed by atoms with Gasteiger partial charge in [-0.15, -0.1) is 0 Å². The van der Waals surface area contributed by atoms with Crippen LogP contribution in [0.15, 0.2) is 30.5 Å². The van der Waals surface area contributed by atoms with Gasteiger partial charge in [0, 0.05) is 0 Å². The van der Waals surface area contributed by atoms with Crippen LogP contribution in [-0.4, -0.2) is 6.29 Å². The Morgan fingerprint density at radius 1 is 1.38 bits per heavy atom. The van der Waals surface area contributed by atoms with E-state index in [0.717, 1.165) is 17.4 Å². The fourth-order valence-electron chi connectivity index (χ4n) is 1.60. The largest absolute Gasteiger partial charge is 0.376 e. The van der Waals surface area contributed by atoms with E-state index in [0.29, 0.717) is 0 Å². The molecule has 0 spiro atoms. The van der Waals surface area contributed by atoms with Crippen molar-refractivity contribution in [2.45, 2.75) is 12.5 Å². The molecular weight excluding hydrogens is 162 g/mol. The van der Waals surface area contributed by atoms with Crippen molar-refractivity contribution in [3.8, 4) is 0 Å². The summed E-state index contributed by atoms with van der Waals surface area (Å²) in [6.07, 6.45) is 4.73. The second-order valence-corrected chi connectivity index (χ2v) is 3.39. The molecule has 1 unspecified atom stereocenters. The molecule has 66 valence electrons. The minimum absolute atomic E-state index is 0.564. The first kappa shape index (κ1) is 8.05. The van der Waals surface area contributed by atoms with Gasteiger partial charge in [-0.3, -0.25) is 0 Å². The van der Waals surface area contributed by atoms with Crippen LogP contribution in [-0.2, 0) is 10.3 Å². The van der Waals surface area contributed by atoms with Gasteiger partial charge in [0.2, 0.25) is 0 Å². The summed E-state index contributed by atoms with van der Waals surface area (Å²) in [6, 6.07) is 7.90. The molecule has 0 fully saturated rings. The number of aldehydes is 1. The second kappa shape index (κ2) is 2.73. The zero-order valence-corrected chi connectivity index (χ0v) is 7.45. The average molecular weight is 173 g/mol. The molecule has 1 aromatic rings. The predicted molar refractivity (Wildman–Crippen MR) is 52.0 cm³/mol. The molecule has 1 aliphatic heterocycles. The molecule has 1 atom stereocenters. The van der Waals surface area contributed by atoms with E-state index in [1.54, 1.807) is 0 Å². The Kier molecular flexibility index (Phi) is 1.69. The molecule has 0 saturated heterocycles. The number of hydrogen-bond donors (Lipinski definition) is 1. The Hall–Kier alpha value is -1.57. The minimum Gasteiger partial charge on any atom is -0.376 e. The molecule has 1 heterocycles. The topological polar surface area (TPSA) is 29.1 Å². The van der Waals surface area contributed by atoms with Crippen LogP contribution < -0.4 is 5.32 Å². The smallest absolute Gasteiger partial charge is 0.149 e. The molecule has 0 amide bonds. The lowest BCUT2D eigenvalue weighted by atomic mass is 9.87. The standard InChI is InChI=1S/C11H11NO/c1-11(8-13)10-5-3-2-4-9(10)6-7-12-11/h2-8,12H,1H3. The van der Waals surface area contributed by atoms with E-state index in [4.69, 9.17) is 0 Å².